The van der Waals surface area contributed by atoms with Gasteiger partial charge in [0.15, 0.2) is 0 Å². The highest BCUT2D eigenvalue weighted by molar-refractivity contribution is 9.10. The van der Waals surface area contributed by atoms with E-state index in [0.29, 0.717) is 13.0 Å². The molecule has 0 radical (unpaired) electrons. The number of amides is 1. The molecular formula is C17H16BrN3OS. The number of aromatic nitrogens is 2. The molecule has 2 heterocycles. The minimum atomic E-state index is 0.00274. The first-order chi connectivity index (χ1) is 11.2. The number of carbonyl (C=O) groups is 1. The predicted octanol–water partition coefficient (Wildman–Crippen LogP) is 4.33. The monoisotopic (exact) mass is 389 g/mol. The maximum atomic E-state index is 12.1. The number of hydrogen-bond acceptors (Lipinski definition) is 3. The summed E-state index contributed by atoms with van der Waals surface area (Å²) in [6.07, 6.45) is 2.90. The lowest BCUT2D eigenvalue weighted by Gasteiger charge is -2.08. The number of nitrogens with zero attached hydrogens (tertiary/aromatic N) is 2. The Labute approximate surface area is 147 Å². The molecule has 0 aliphatic carbocycles. The number of halogens is 1. The van der Waals surface area contributed by atoms with Gasteiger partial charge >= 0.3 is 0 Å². The Morgan fingerprint density at radius 1 is 1.26 bits per heavy atom. The average molecular weight is 390 g/mol. The molecule has 0 fully saturated rings. The van der Waals surface area contributed by atoms with Gasteiger partial charge in [-0.05, 0) is 34.0 Å². The zero-order valence-electron chi connectivity index (χ0n) is 12.4. The quantitative estimate of drug-likeness (QED) is 0.681. The van der Waals surface area contributed by atoms with Crippen LogP contribution in [0.25, 0.3) is 0 Å². The Balaban J connectivity index is 1.57. The summed E-state index contributed by atoms with van der Waals surface area (Å²) in [7, 11) is 0. The third kappa shape index (κ3) is 4.53. The minimum absolute atomic E-state index is 0.00274. The molecule has 0 saturated carbocycles. The van der Waals surface area contributed by atoms with Crippen LogP contribution < -0.4 is 5.32 Å². The number of rotatable bonds is 6. The van der Waals surface area contributed by atoms with E-state index < -0.39 is 0 Å². The molecule has 6 heteroatoms. The topological polar surface area (TPSA) is 46.9 Å². The highest BCUT2D eigenvalue weighted by Gasteiger charge is 2.09. The predicted molar refractivity (Wildman–Crippen MR) is 96.7 cm³/mol. The maximum Gasteiger partial charge on any atom is 0.225 e. The molecule has 1 aromatic carbocycles. The molecule has 4 nitrogen and oxygen atoms in total. The van der Waals surface area contributed by atoms with E-state index in [2.05, 4.69) is 32.4 Å². The number of benzene rings is 1. The van der Waals surface area contributed by atoms with Crippen molar-refractivity contribution in [2.45, 2.75) is 19.4 Å². The van der Waals surface area contributed by atoms with Gasteiger partial charge in [-0.25, -0.2) is 4.68 Å². The molecule has 0 aliphatic rings. The number of aryl methyl sites for hydroxylation is 1. The molecule has 23 heavy (non-hydrogen) atoms. The summed E-state index contributed by atoms with van der Waals surface area (Å²) in [5.41, 5.74) is 1.17. The van der Waals surface area contributed by atoms with Gasteiger partial charge in [-0.1, -0.05) is 30.3 Å². The summed E-state index contributed by atoms with van der Waals surface area (Å²) < 4.78 is 2.87. The molecule has 0 spiro atoms. The van der Waals surface area contributed by atoms with E-state index in [9.17, 15) is 4.79 Å². The van der Waals surface area contributed by atoms with Gasteiger partial charge in [0, 0.05) is 27.2 Å². The van der Waals surface area contributed by atoms with Gasteiger partial charge in [0.25, 0.3) is 0 Å². The van der Waals surface area contributed by atoms with E-state index in [1.165, 1.54) is 10.4 Å². The lowest BCUT2D eigenvalue weighted by molar-refractivity contribution is -0.116. The molecule has 0 unspecified atom stereocenters. The third-order valence-electron chi connectivity index (χ3n) is 3.39. The van der Waals surface area contributed by atoms with Gasteiger partial charge in [-0.3, -0.25) is 4.79 Å². The Bertz CT molecular complexity index is 782. The second kappa shape index (κ2) is 7.57. The maximum absolute atomic E-state index is 12.1. The van der Waals surface area contributed by atoms with E-state index in [0.717, 1.165) is 16.7 Å². The number of carbonyl (C=O) groups excluding carboxylic acids is 1. The molecule has 1 amide bonds. The highest BCUT2D eigenvalue weighted by Crippen LogP contribution is 2.21. The van der Waals surface area contributed by atoms with Gasteiger partial charge in [-0.2, -0.15) is 5.10 Å². The fourth-order valence-electron chi connectivity index (χ4n) is 2.26. The average Bonchev–Trinajstić information content (AvgIpc) is 3.16. The lowest BCUT2D eigenvalue weighted by atomic mass is 10.1. The number of anilines is 1. The van der Waals surface area contributed by atoms with E-state index in [1.807, 2.05) is 41.8 Å². The first kappa shape index (κ1) is 16.0. The summed E-state index contributed by atoms with van der Waals surface area (Å²) in [5, 5.41) is 9.27. The zero-order chi connectivity index (χ0) is 16.1. The molecule has 0 atom stereocenters. The molecule has 0 saturated heterocycles. The Morgan fingerprint density at radius 3 is 2.83 bits per heavy atom. The lowest BCUT2D eigenvalue weighted by Crippen LogP contribution is -2.16. The molecule has 0 aliphatic heterocycles. The van der Waals surface area contributed by atoms with Crippen LogP contribution in [0.2, 0.25) is 0 Å². The van der Waals surface area contributed by atoms with Crippen LogP contribution in [-0.2, 0) is 17.8 Å². The summed E-state index contributed by atoms with van der Waals surface area (Å²) in [6.45, 7) is 0.650. The van der Waals surface area contributed by atoms with Crippen LogP contribution in [-0.4, -0.2) is 15.7 Å². The zero-order valence-corrected chi connectivity index (χ0v) is 14.8. The van der Waals surface area contributed by atoms with Crippen molar-refractivity contribution in [1.82, 2.24) is 9.78 Å². The third-order valence-corrected chi connectivity index (χ3v) is 5.08. The molecule has 1 N–H and O–H groups in total. The van der Waals surface area contributed by atoms with Gasteiger partial charge in [-0.15, -0.1) is 11.3 Å². The first-order valence-electron chi connectivity index (χ1n) is 7.29. The van der Waals surface area contributed by atoms with Crippen LogP contribution in [0.3, 0.4) is 0 Å². The Hall–Kier alpha value is -1.92. The van der Waals surface area contributed by atoms with Gasteiger partial charge in [0.1, 0.15) is 5.82 Å². The fourth-order valence-corrected chi connectivity index (χ4v) is 3.69. The Morgan fingerprint density at radius 2 is 2.09 bits per heavy atom. The molecule has 3 aromatic rings. The van der Waals surface area contributed by atoms with Crippen LogP contribution in [0.4, 0.5) is 5.82 Å². The van der Waals surface area contributed by atoms with E-state index in [1.54, 1.807) is 22.2 Å². The SMILES string of the molecule is O=C(CCc1ccccc1)Nc1ccnn1Cc1cc(Br)cs1. The van der Waals surface area contributed by atoms with Crippen LogP contribution in [0, 0.1) is 0 Å². The molecule has 0 bridgehead atoms. The Kier molecular flexibility index (Phi) is 5.25. The van der Waals surface area contributed by atoms with Crippen molar-refractivity contribution in [3.05, 3.63) is 69.0 Å². The van der Waals surface area contributed by atoms with Crippen LogP contribution >= 0.6 is 27.3 Å². The van der Waals surface area contributed by atoms with Gasteiger partial charge in [0.2, 0.25) is 5.91 Å². The van der Waals surface area contributed by atoms with Crippen LogP contribution in [0.1, 0.15) is 16.9 Å². The van der Waals surface area contributed by atoms with E-state index in [4.69, 9.17) is 0 Å². The molecular weight excluding hydrogens is 374 g/mol. The molecule has 118 valence electrons. The fraction of sp³-hybridized carbons (Fsp3) is 0.176. The van der Waals surface area contributed by atoms with E-state index in [-0.39, 0.29) is 5.91 Å². The summed E-state index contributed by atoms with van der Waals surface area (Å²) in [6, 6.07) is 13.9. The smallest absolute Gasteiger partial charge is 0.225 e. The highest BCUT2D eigenvalue weighted by atomic mass is 79.9. The van der Waals surface area contributed by atoms with Crippen molar-refractivity contribution in [3.8, 4) is 0 Å². The number of hydrogen-bond donors (Lipinski definition) is 1. The van der Waals surface area contributed by atoms with Gasteiger partial charge in [0.05, 0.1) is 12.7 Å². The number of thiophene rings is 1. The summed E-state index contributed by atoms with van der Waals surface area (Å²) >= 11 is 5.11. The standard InChI is InChI=1S/C17H16BrN3OS/c18-14-10-15(23-12-14)11-21-16(8-9-19-21)20-17(22)7-6-13-4-2-1-3-5-13/h1-5,8-10,12H,6-7,11H2,(H,20,22). The van der Waals surface area contributed by atoms with Crippen molar-refractivity contribution < 1.29 is 4.79 Å². The number of nitrogens with one attached hydrogen (secondary N) is 1. The molecule has 2 aromatic heterocycles. The second-order valence-corrected chi connectivity index (χ2v) is 7.05. The summed E-state index contributed by atoms with van der Waals surface area (Å²) in [4.78, 5) is 13.3. The van der Waals surface area contributed by atoms with Crippen LogP contribution in [0.5, 0.6) is 0 Å². The van der Waals surface area contributed by atoms with Crippen molar-refractivity contribution in [2.24, 2.45) is 0 Å². The van der Waals surface area contributed by atoms with Gasteiger partial charge < -0.3 is 5.32 Å². The summed E-state index contributed by atoms with van der Waals surface area (Å²) in [5.74, 6) is 0.732. The second-order valence-electron chi connectivity index (χ2n) is 5.14. The van der Waals surface area contributed by atoms with Crippen molar-refractivity contribution in [3.63, 3.8) is 0 Å². The normalized spacial score (nSPS) is 10.7. The van der Waals surface area contributed by atoms with Crippen LogP contribution in [0.15, 0.2) is 58.5 Å². The molecule has 3 rings (SSSR count). The largest absolute Gasteiger partial charge is 0.311 e. The van der Waals surface area contributed by atoms with E-state index >= 15 is 0 Å². The van der Waals surface area contributed by atoms with Crippen molar-refractivity contribution >= 4 is 39.0 Å². The minimum Gasteiger partial charge on any atom is -0.311 e. The first-order valence-corrected chi connectivity index (χ1v) is 8.96. The van der Waals surface area contributed by atoms with Crippen molar-refractivity contribution in [2.75, 3.05) is 5.32 Å². The van der Waals surface area contributed by atoms with Crippen molar-refractivity contribution in [1.29, 1.82) is 0 Å².